The molecule has 0 saturated carbocycles. The summed E-state index contributed by atoms with van der Waals surface area (Å²) in [5.41, 5.74) is 0. The number of nitrogens with one attached hydrogen (secondary N) is 1. The Morgan fingerprint density at radius 3 is 2.69 bits per heavy atom. The van der Waals surface area contributed by atoms with Crippen LogP contribution in [0.25, 0.3) is 6.08 Å². The lowest BCUT2D eigenvalue weighted by molar-refractivity contribution is -0.127. The highest BCUT2D eigenvalue weighted by Crippen LogP contribution is 2.24. The van der Waals surface area contributed by atoms with E-state index in [4.69, 9.17) is 9.15 Å². The molecule has 8 heteroatoms. The minimum absolute atomic E-state index is 0.0638. The summed E-state index contributed by atoms with van der Waals surface area (Å²) in [6.45, 7) is 3.75. The highest BCUT2D eigenvalue weighted by Gasteiger charge is 2.25. The number of carbonyl (C=O) groups is 1. The maximum absolute atomic E-state index is 12.7. The summed E-state index contributed by atoms with van der Waals surface area (Å²) >= 11 is 0. The second kappa shape index (κ2) is 9.76. The summed E-state index contributed by atoms with van der Waals surface area (Å²) in [5.74, 6) is 1.11. The van der Waals surface area contributed by atoms with Gasteiger partial charge in [0.05, 0.1) is 12.9 Å². The zero-order valence-electron chi connectivity index (χ0n) is 16.4. The SMILES string of the molecule is CCOc1ccccc1S(=O)(=O)NCC1CCN(C(=O)/C=C/c2ccco2)CC1. The molecular formula is C21H26N2O5S. The molecule has 0 unspecified atom stereocenters. The molecule has 0 spiro atoms. The van der Waals surface area contributed by atoms with Crippen molar-refractivity contribution >= 4 is 22.0 Å². The maximum Gasteiger partial charge on any atom is 0.246 e. The number of piperidine rings is 1. The molecule has 0 atom stereocenters. The molecule has 0 aliphatic carbocycles. The summed E-state index contributed by atoms with van der Waals surface area (Å²) in [6, 6.07) is 10.2. The highest BCUT2D eigenvalue weighted by atomic mass is 32.2. The van der Waals surface area contributed by atoms with E-state index in [0.29, 0.717) is 37.8 Å². The molecule has 1 aliphatic heterocycles. The van der Waals surface area contributed by atoms with Gasteiger partial charge in [-0.1, -0.05) is 12.1 Å². The molecule has 2 aromatic rings. The molecule has 1 amide bonds. The maximum atomic E-state index is 12.7. The summed E-state index contributed by atoms with van der Waals surface area (Å²) in [5, 5.41) is 0. The van der Waals surface area contributed by atoms with Gasteiger partial charge in [0.1, 0.15) is 16.4 Å². The van der Waals surface area contributed by atoms with Gasteiger partial charge in [-0.25, -0.2) is 13.1 Å². The first-order valence-electron chi connectivity index (χ1n) is 9.71. The fourth-order valence-corrected chi connectivity index (χ4v) is 4.51. The van der Waals surface area contributed by atoms with Crippen molar-refractivity contribution in [3.63, 3.8) is 0 Å². The van der Waals surface area contributed by atoms with Crippen molar-refractivity contribution < 1.29 is 22.4 Å². The summed E-state index contributed by atoms with van der Waals surface area (Å²) < 4.78 is 38.6. The molecule has 1 aromatic carbocycles. The van der Waals surface area contributed by atoms with Crippen molar-refractivity contribution in [3.05, 3.63) is 54.5 Å². The second-order valence-electron chi connectivity index (χ2n) is 6.85. The van der Waals surface area contributed by atoms with Crippen molar-refractivity contribution in [2.24, 2.45) is 5.92 Å². The van der Waals surface area contributed by atoms with E-state index in [-0.39, 0.29) is 16.7 Å². The predicted octanol–water partition coefficient (Wildman–Crippen LogP) is 2.91. The van der Waals surface area contributed by atoms with Gasteiger partial charge in [-0.15, -0.1) is 0 Å². The Balaban J connectivity index is 1.50. The van der Waals surface area contributed by atoms with Crippen LogP contribution in [0.3, 0.4) is 0 Å². The molecule has 1 N–H and O–H groups in total. The average Bonchev–Trinajstić information content (AvgIpc) is 3.25. The van der Waals surface area contributed by atoms with Crippen LogP contribution in [0.5, 0.6) is 5.75 Å². The smallest absolute Gasteiger partial charge is 0.246 e. The van der Waals surface area contributed by atoms with Gasteiger partial charge in [-0.2, -0.15) is 0 Å². The molecule has 0 bridgehead atoms. The second-order valence-corrected chi connectivity index (χ2v) is 8.58. The lowest BCUT2D eigenvalue weighted by atomic mass is 9.97. The third kappa shape index (κ3) is 5.71. The predicted molar refractivity (Wildman–Crippen MR) is 110 cm³/mol. The van der Waals surface area contributed by atoms with Crippen LogP contribution < -0.4 is 9.46 Å². The molecular weight excluding hydrogens is 392 g/mol. The van der Waals surface area contributed by atoms with Crippen molar-refractivity contribution in [1.82, 2.24) is 9.62 Å². The van der Waals surface area contributed by atoms with Crippen LogP contribution in [0.15, 0.2) is 58.1 Å². The van der Waals surface area contributed by atoms with E-state index in [9.17, 15) is 13.2 Å². The van der Waals surface area contributed by atoms with Gasteiger partial charge in [0, 0.05) is 25.7 Å². The largest absolute Gasteiger partial charge is 0.492 e. The Kier molecular flexibility index (Phi) is 7.11. The summed E-state index contributed by atoms with van der Waals surface area (Å²) in [7, 11) is -3.65. The summed E-state index contributed by atoms with van der Waals surface area (Å²) in [4.78, 5) is 14.2. The Morgan fingerprint density at radius 1 is 1.24 bits per heavy atom. The van der Waals surface area contributed by atoms with Crippen molar-refractivity contribution in [1.29, 1.82) is 0 Å². The van der Waals surface area contributed by atoms with E-state index < -0.39 is 10.0 Å². The molecule has 3 rings (SSSR count). The van der Waals surface area contributed by atoms with Gasteiger partial charge in [0.2, 0.25) is 15.9 Å². The van der Waals surface area contributed by atoms with Crippen molar-refractivity contribution in [3.8, 4) is 5.75 Å². The number of benzene rings is 1. The number of carbonyl (C=O) groups excluding carboxylic acids is 1. The van der Waals surface area contributed by atoms with Crippen LogP contribution in [0.1, 0.15) is 25.5 Å². The molecule has 1 aliphatic rings. The number of nitrogens with zero attached hydrogens (tertiary/aromatic N) is 1. The third-order valence-electron chi connectivity index (χ3n) is 4.86. The molecule has 1 saturated heterocycles. The summed E-state index contributed by atoms with van der Waals surface area (Å²) in [6.07, 6.45) is 6.21. The number of hydrogen-bond acceptors (Lipinski definition) is 5. The minimum atomic E-state index is -3.65. The topological polar surface area (TPSA) is 88.9 Å². The fourth-order valence-electron chi connectivity index (χ4n) is 3.25. The van der Waals surface area contributed by atoms with E-state index in [1.165, 1.54) is 6.08 Å². The highest BCUT2D eigenvalue weighted by molar-refractivity contribution is 7.89. The van der Waals surface area contributed by atoms with Crippen molar-refractivity contribution in [2.75, 3.05) is 26.2 Å². The van der Waals surface area contributed by atoms with E-state index in [2.05, 4.69) is 4.72 Å². The lowest BCUT2D eigenvalue weighted by Gasteiger charge is -2.31. The number of rotatable bonds is 8. The Hall–Kier alpha value is -2.58. The molecule has 1 fully saturated rings. The van der Waals surface area contributed by atoms with Crippen molar-refractivity contribution in [2.45, 2.75) is 24.7 Å². The average molecular weight is 419 g/mol. The van der Waals surface area contributed by atoms with E-state index in [1.54, 1.807) is 53.6 Å². The van der Waals surface area contributed by atoms with E-state index in [0.717, 1.165) is 12.8 Å². The number of furan rings is 1. The number of hydrogen-bond donors (Lipinski definition) is 1. The normalized spacial score (nSPS) is 15.7. The van der Waals surface area contributed by atoms with Crippen LogP contribution >= 0.6 is 0 Å². The van der Waals surface area contributed by atoms with Crippen LogP contribution in [0, 0.1) is 5.92 Å². The number of ether oxygens (including phenoxy) is 1. The number of likely N-dealkylation sites (tertiary alicyclic amines) is 1. The molecule has 156 valence electrons. The van der Waals surface area contributed by atoms with Gasteiger partial charge in [-0.05, 0) is 56.0 Å². The number of amides is 1. The van der Waals surface area contributed by atoms with Crippen LogP contribution in [0.4, 0.5) is 0 Å². The van der Waals surface area contributed by atoms with Gasteiger partial charge < -0.3 is 14.1 Å². The Morgan fingerprint density at radius 2 is 2.00 bits per heavy atom. The van der Waals surface area contributed by atoms with E-state index >= 15 is 0 Å². The Labute approximate surface area is 171 Å². The molecule has 7 nitrogen and oxygen atoms in total. The fraction of sp³-hybridized carbons (Fsp3) is 0.381. The Bertz CT molecular complexity index is 930. The number of para-hydroxylation sites is 1. The van der Waals surface area contributed by atoms with Crippen LogP contribution in [-0.2, 0) is 14.8 Å². The molecule has 1 aromatic heterocycles. The lowest BCUT2D eigenvalue weighted by Crippen LogP contribution is -2.41. The minimum Gasteiger partial charge on any atom is -0.492 e. The first-order valence-corrected chi connectivity index (χ1v) is 11.2. The quantitative estimate of drug-likeness (QED) is 0.666. The third-order valence-corrected chi connectivity index (χ3v) is 6.32. The molecule has 0 radical (unpaired) electrons. The number of sulfonamides is 1. The van der Waals surface area contributed by atoms with Gasteiger partial charge in [0.25, 0.3) is 0 Å². The zero-order valence-corrected chi connectivity index (χ0v) is 17.2. The monoisotopic (exact) mass is 418 g/mol. The molecule has 29 heavy (non-hydrogen) atoms. The standard InChI is InChI=1S/C21H26N2O5S/c1-2-27-19-7-3-4-8-20(19)29(25,26)22-16-17-11-13-23(14-12-17)21(24)10-9-18-6-5-15-28-18/h3-10,15,17,22H,2,11-14,16H2,1H3/b10-9+. The van der Waals surface area contributed by atoms with Crippen LogP contribution in [0.2, 0.25) is 0 Å². The zero-order chi connectivity index (χ0) is 20.7. The first kappa shape index (κ1) is 21.1. The van der Waals surface area contributed by atoms with E-state index in [1.807, 2.05) is 6.92 Å². The van der Waals surface area contributed by atoms with Gasteiger partial charge in [-0.3, -0.25) is 4.79 Å². The molecule has 2 heterocycles. The van der Waals surface area contributed by atoms with Gasteiger partial charge in [0.15, 0.2) is 0 Å². The first-order chi connectivity index (χ1) is 14.0. The van der Waals surface area contributed by atoms with Crippen LogP contribution in [-0.4, -0.2) is 45.5 Å². The van der Waals surface area contributed by atoms with Gasteiger partial charge >= 0.3 is 0 Å².